The first kappa shape index (κ1) is 96.9. The van der Waals surface area contributed by atoms with E-state index in [0.717, 1.165) is 148 Å². The highest BCUT2D eigenvalue weighted by atomic mass is 35.5. The van der Waals surface area contributed by atoms with Gasteiger partial charge < -0.3 is 173 Å². The van der Waals surface area contributed by atoms with Crippen molar-refractivity contribution in [3.63, 3.8) is 0 Å². The maximum Gasteiger partial charge on any atom is 0.330 e. The maximum absolute atomic E-state index is 17.0. The Morgan fingerprint density at radius 3 is 1.59 bits per heavy atom. The summed E-state index contributed by atoms with van der Waals surface area (Å²) in [4.78, 5) is 138. The second kappa shape index (κ2) is 41.2. The first-order chi connectivity index (χ1) is 63.4. The van der Waals surface area contributed by atoms with Crippen molar-refractivity contribution in [2.24, 2.45) is 5.73 Å². The van der Waals surface area contributed by atoms with Crippen LogP contribution in [-0.2, 0) is 62.1 Å². The lowest BCUT2D eigenvalue weighted by Gasteiger charge is -2.44. The third-order valence-electron chi connectivity index (χ3n) is 23.6. The highest BCUT2D eigenvalue weighted by Gasteiger charge is 2.53. The van der Waals surface area contributed by atoms with Gasteiger partial charge in [0.2, 0.25) is 65.6 Å². The van der Waals surface area contributed by atoms with E-state index in [-0.39, 0.29) is 17.5 Å². The van der Waals surface area contributed by atoms with E-state index in [1.807, 2.05) is 0 Å². The second-order valence-electron chi connectivity index (χ2n) is 32.8. The van der Waals surface area contributed by atoms with Gasteiger partial charge in [0.15, 0.2) is 35.3 Å². The number of hydrogen-bond donors (Lipinski definition) is 25. The fraction of sp³-hybridized carbons (Fsp3) is 0.420. The van der Waals surface area contributed by atoms with Crippen molar-refractivity contribution in [3.8, 4) is 80.1 Å². The largest absolute Gasteiger partial charge is 0.508 e. The number of carboxylic acid groups (broad SMARTS) is 1. The number of carbonyl (C=O) groups is 9. The van der Waals surface area contributed by atoms with E-state index in [1.54, 1.807) is 0 Å². The van der Waals surface area contributed by atoms with Gasteiger partial charge in [0.05, 0.1) is 29.9 Å². The molecule has 43 nitrogen and oxygen atoms in total. The molecular formula is C88H97Cl2N9O34. The van der Waals surface area contributed by atoms with Crippen molar-refractivity contribution in [2.75, 3.05) is 19.8 Å². The van der Waals surface area contributed by atoms with Gasteiger partial charge in [-0.3, -0.25) is 38.4 Å². The second-order valence-corrected chi connectivity index (χ2v) is 33.6. The Morgan fingerprint density at radius 2 is 0.970 bits per heavy atom. The van der Waals surface area contributed by atoms with Crippen molar-refractivity contribution in [2.45, 2.75) is 212 Å². The number of halogens is 2. The van der Waals surface area contributed by atoms with Gasteiger partial charge in [-0.25, -0.2) is 4.79 Å². The number of carbonyl (C=O) groups excluding carboxylic acids is 8. The number of nitrogens with one attached hydrogen (secondary N) is 8. The highest BCUT2D eigenvalue weighted by Crippen LogP contribution is 2.51. The third-order valence-corrected chi connectivity index (χ3v) is 24.2. The van der Waals surface area contributed by atoms with E-state index in [9.17, 15) is 101 Å². The fourth-order valence-corrected chi connectivity index (χ4v) is 17.0. The minimum absolute atomic E-state index is 0.0566. The Morgan fingerprint density at radius 1 is 0.459 bits per heavy atom. The lowest BCUT2D eigenvalue weighted by Crippen LogP contribution is -2.65. The molecule has 17 bridgehead atoms. The third kappa shape index (κ3) is 20.8. The predicted octanol–water partition coefficient (Wildman–Crippen LogP) is 0.655. The molecular weight excluding hydrogens is 1800 g/mol. The molecule has 712 valence electrons. The molecule has 26 N–H and O–H groups in total. The Bertz CT molecular complexity index is 5590. The molecule has 9 heterocycles. The molecule has 7 aromatic carbocycles. The van der Waals surface area contributed by atoms with Crippen LogP contribution in [0.2, 0.25) is 10.0 Å². The SMILES string of the molecule is CCCCCCCCCC(=O)N[C@H]1[C@H](Oc2c3cc4cc2Oc2ccc(cc2Cl)[C@@H](O[C@@H]2O[C@H](CO)[C@@H](O)[C@H](O)[C@H]2NC(C)=O)[C@@H]2NC(=O)[C@@H](NC(=O)[C@@H]4NC(=O)[C@H]4NC(=O)[C@H](NC(=O)[C@H](N)c5ccc(O)c(c5)Oc5cc(O)cc4c5)[C@H](O)c4ccc(c(Cl)c4)O3)c3ccc(O)c(c3)-c3c(O[C@@H]4O[C@H](CO)[C@@H](O)[C@H](O)[C@H]4O)cc(O)cc3[C@@H](C(=O)O)NC2=O)O[C@H](CO)[C@@H](O)[C@@H]1O. The summed E-state index contributed by atoms with van der Waals surface area (Å²) in [7, 11) is 0. The number of benzene rings is 7. The molecule has 0 radical (unpaired) electrons. The molecule has 133 heavy (non-hydrogen) atoms. The van der Waals surface area contributed by atoms with Crippen LogP contribution in [0.1, 0.15) is 147 Å². The number of phenolic OH excluding ortho intramolecular Hbond substituents is 4. The molecule has 0 unspecified atom stereocenters. The number of hydrogen-bond acceptors (Lipinski definition) is 34. The van der Waals surface area contributed by atoms with Crippen molar-refractivity contribution in [1.29, 1.82) is 0 Å². The average molecular weight is 1900 g/mol. The van der Waals surface area contributed by atoms with Crippen LogP contribution in [0.5, 0.6) is 69.0 Å². The molecule has 16 rings (SSSR count). The number of aliphatic hydroxyl groups is 11. The summed E-state index contributed by atoms with van der Waals surface area (Å²) in [5, 5.41) is 202. The molecule has 0 spiro atoms. The molecule has 8 amide bonds. The van der Waals surface area contributed by atoms with Gasteiger partial charge in [-0.2, -0.15) is 0 Å². The van der Waals surface area contributed by atoms with Crippen LogP contribution in [0.3, 0.4) is 0 Å². The number of amides is 8. The summed E-state index contributed by atoms with van der Waals surface area (Å²) < 4.78 is 57.3. The van der Waals surface area contributed by atoms with Crippen molar-refractivity contribution < 1.29 is 167 Å². The number of ether oxygens (including phenoxy) is 9. The Balaban J connectivity index is 1.04. The van der Waals surface area contributed by atoms with E-state index >= 15 is 24.0 Å². The van der Waals surface area contributed by atoms with Crippen molar-refractivity contribution in [1.82, 2.24) is 42.5 Å². The Kier molecular flexibility index (Phi) is 30.0. The van der Waals surface area contributed by atoms with Crippen molar-refractivity contribution >= 4 is 76.4 Å². The summed E-state index contributed by atoms with van der Waals surface area (Å²) in [6.07, 6.45) is -25.9. The minimum Gasteiger partial charge on any atom is -0.508 e. The molecule has 0 saturated carbocycles. The van der Waals surface area contributed by atoms with Crippen LogP contribution in [0.4, 0.5) is 0 Å². The van der Waals surface area contributed by atoms with Gasteiger partial charge in [0.25, 0.3) is 0 Å². The quantitative estimate of drug-likeness (QED) is 0.0466. The van der Waals surface area contributed by atoms with E-state index in [1.165, 1.54) is 6.07 Å². The summed E-state index contributed by atoms with van der Waals surface area (Å²) in [6.45, 7) is -0.166. The summed E-state index contributed by atoms with van der Waals surface area (Å²) in [5.41, 5.74) is 2.02. The Hall–Kier alpha value is -12.1. The van der Waals surface area contributed by atoms with E-state index < -0.39 is 338 Å². The summed E-state index contributed by atoms with van der Waals surface area (Å²) in [5.74, 6) is -20.7. The average Bonchev–Trinajstić information content (AvgIpc) is 0.663. The number of fused-ring (bicyclic) bond motifs is 14. The standard InChI is InChI=1S/C88H97Cl2N9O34/c1-3-4-5-6-7-8-9-10-58(108)93-67-74(114)71(111)56(31-101)130-87(67)133-78-53-25-39-26-54(78)127-50-18-14-37(23-46(50)90)77(132-86-66(92-33(2)103)73(113)70(110)55(30-100)129-86)68-84(122)97-64(85(123)124)44-28-41(105)29-52(128-88-76(116)75(115)72(112)57(32-102)131-88)59(44)43-21-35(12-15-47(43)106)61(80(118)99-68)94-82(120)63(39)95-81(119)62-38-19-40(104)27-42(20-38)125-51-24-34(11-16-48(51)107)60(91)79(117)98-65(83(121)96-62)69(109)36-13-17-49(126-53)45(89)22-36/h11-29,55-57,60-77,86-88,100-102,104-107,109-116H,3-10,30-32,91H2,1-2H3,(H,92,103)(H,93,108)(H,94,120)(H,95,119)(H,96,121)(H,97,122)(H,98,117)(H,99,118)(H,123,124)/t55-,56-,57-,60-,61+,62+,63-,64+,65-,66-,67-,68+,69-,70-,71-,72-,73-,74-,75+,76-,77-,86+,87+,88-/m1/s1. The first-order valence-corrected chi connectivity index (χ1v) is 43.0. The van der Waals surface area contributed by atoms with Gasteiger partial charge >= 0.3 is 5.97 Å². The number of aliphatic hydroxyl groups excluding tert-OH is 11. The van der Waals surface area contributed by atoms with Crippen LogP contribution in [0.25, 0.3) is 11.1 Å². The number of nitrogens with two attached hydrogens (primary N) is 1. The molecule has 9 aliphatic heterocycles. The zero-order valence-electron chi connectivity index (χ0n) is 70.4. The lowest BCUT2D eigenvalue weighted by molar-refractivity contribution is -0.284. The predicted molar refractivity (Wildman–Crippen MR) is 454 cm³/mol. The monoisotopic (exact) mass is 1890 g/mol. The zero-order valence-corrected chi connectivity index (χ0v) is 72.0. The minimum atomic E-state index is -2.61. The molecule has 24 atom stereocenters. The zero-order chi connectivity index (χ0) is 95.6. The summed E-state index contributed by atoms with van der Waals surface area (Å²) in [6, 6.07) is -1.36. The van der Waals surface area contributed by atoms with Gasteiger partial charge in [-0.05, 0) is 119 Å². The van der Waals surface area contributed by atoms with Gasteiger partial charge in [-0.15, -0.1) is 0 Å². The number of phenols is 4. The normalized spacial score (nSPS) is 29.3. The molecule has 3 fully saturated rings. The number of aromatic hydroxyl groups is 4. The van der Waals surface area contributed by atoms with Gasteiger partial charge in [0.1, 0.15) is 162 Å². The molecule has 0 aliphatic carbocycles. The van der Waals surface area contributed by atoms with E-state index in [4.69, 9.17) is 71.6 Å². The Labute approximate surface area is 764 Å². The molecule has 0 aromatic heterocycles. The van der Waals surface area contributed by atoms with E-state index in [2.05, 4.69) is 49.5 Å². The fourth-order valence-electron chi connectivity index (χ4n) is 16.6. The first-order valence-electron chi connectivity index (χ1n) is 42.2. The van der Waals surface area contributed by atoms with Gasteiger partial charge in [-0.1, -0.05) is 92.9 Å². The van der Waals surface area contributed by atoms with Crippen LogP contribution >= 0.6 is 23.2 Å². The number of carboxylic acids is 1. The summed E-state index contributed by atoms with van der Waals surface area (Å²) >= 11 is 14.7. The van der Waals surface area contributed by atoms with Gasteiger partial charge in [0, 0.05) is 42.2 Å². The number of rotatable bonds is 20. The lowest BCUT2D eigenvalue weighted by atomic mass is 9.89. The molecule has 9 aliphatic rings. The highest BCUT2D eigenvalue weighted by molar-refractivity contribution is 6.32. The number of unbranched alkanes of at least 4 members (excludes halogenated alkanes) is 6. The van der Waals surface area contributed by atoms with Crippen LogP contribution < -0.4 is 72.0 Å². The topological polar surface area (TPSA) is 683 Å². The van der Waals surface area contributed by atoms with Crippen LogP contribution in [0.15, 0.2) is 115 Å². The van der Waals surface area contributed by atoms with E-state index in [0.29, 0.717) is 12.8 Å². The van der Waals surface area contributed by atoms with Crippen LogP contribution in [0, 0.1) is 0 Å². The molecule has 3 saturated heterocycles. The van der Waals surface area contributed by atoms with Crippen LogP contribution in [-0.4, -0.2) is 259 Å². The molecule has 45 heteroatoms. The maximum atomic E-state index is 17.0. The number of aliphatic carboxylic acids is 1. The molecule has 7 aromatic rings. The van der Waals surface area contributed by atoms with Crippen molar-refractivity contribution in [3.05, 3.63) is 164 Å². The smallest absolute Gasteiger partial charge is 0.330 e.